The Morgan fingerprint density at radius 2 is 1.57 bits per heavy atom. The second-order valence-corrected chi connectivity index (χ2v) is 13.6. The number of hydrogen-bond acceptors (Lipinski definition) is 9. The standard InChI is InChI=1S/C39H43N3O7/c1-41-14-12-26-20-35(47-5)38(40)39-37(26)29(41)16-24-8-11-31(45-3)33(18-24)48-27-9-6-23(7-10-27)17-30-28-21-34(49-39)32(46-4)19-25(28)13-15-42(30,2)22-36(43)44/h6-11,18-21,29-30H,12-17,22,40H2,1-5H3. The fourth-order valence-electron chi connectivity index (χ4n) is 7.87. The number of benzene rings is 4. The van der Waals surface area contributed by atoms with Crippen LogP contribution in [0.15, 0.2) is 60.7 Å². The van der Waals surface area contributed by atoms with E-state index in [0.717, 1.165) is 46.3 Å². The van der Waals surface area contributed by atoms with Crippen LogP contribution in [0.2, 0.25) is 0 Å². The molecule has 6 bridgehead atoms. The molecular formula is C39H43N3O7. The molecule has 0 aromatic heterocycles. The highest BCUT2D eigenvalue weighted by Crippen LogP contribution is 2.50. The summed E-state index contributed by atoms with van der Waals surface area (Å²) in [5.41, 5.74) is 13.6. The summed E-state index contributed by atoms with van der Waals surface area (Å²) in [6.45, 7) is 1.36. The number of fused-ring (bicyclic) bond motifs is 2. The molecule has 0 saturated carbocycles. The van der Waals surface area contributed by atoms with Gasteiger partial charge in [-0.15, -0.1) is 0 Å². The molecule has 10 nitrogen and oxygen atoms in total. The predicted molar refractivity (Wildman–Crippen MR) is 184 cm³/mol. The lowest BCUT2D eigenvalue weighted by atomic mass is 9.86. The highest BCUT2D eigenvalue weighted by atomic mass is 16.5. The summed E-state index contributed by atoms with van der Waals surface area (Å²) in [6, 6.07) is 19.8. The first-order valence-electron chi connectivity index (χ1n) is 16.7. The van der Waals surface area contributed by atoms with Crippen molar-refractivity contribution in [3.05, 3.63) is 94.0 Å². The van der Waals surface area contributed by atoms with Gasteiger partial charge in [-0.25, -0.2) is 0 Å². The van der Waals surface area contributed by atoms with Crippen LogP contribution in [0.3, 0.4) is 0 Å². The van der Waals surface area contributed by atoms with Crippen LogP contribution in [0.25, 0.3) is 0 Å². The third-order valence-corrected chi connectivity index (χ3v) is 10.6. The van der Waals surface area contributed by atoms with Gasteiger partial charge >= 0.3 is 0 Å². The van der Waals surface area contributed by atoms with E-state index in [0.29, 0.717) is 71.7 Å². The lowest BCUT2D eigenvalue weighted by Gasteiger charge is -2.46. The molecule has 8 rings (SSSR count). The highest BCUT2D eigenvalue weighted by molar-refractivity contribution is 5.71. The number of methoxy groups -OCH3 is 3. The van der Waals surface area contributed by atoms with Crippen LogP contribution in [-0.2, 0) is 30.5 Å². The minimum Gasteiger partial charge on any atom is -0.544 e. The van der Waals surface area contributed by atoms with E-state index in [-0.39, 0.29) is 23.1 Å². The van der Waals surface area contributed by atoms with Gasteiger partial charge in [0.05, 0.1) is 40.9 Å². The summed E-state index contributed by atoms with van der Waals surface area (Å²) >= 11 is 0. The smallest absolute Gasteiger partial charge is 0.169 e. The van der Waals surface area contributed by atoms with Gasteiger partial charge in [-0.05, 0) is 84.6 Å². The molecule has 3 atom stereocenters. The second kappa shape index (κ2) is 12.8. The largest absolute Gasteiger partial charge is 0.544 e. The Labute approximate surface area is 287 Å². The lowest BCUT2D eigenvalue weighted by molar-refractivity contribution is -0.936. The molecule has 4 aromatic carbocycles. The third-order valence-electron chi connectivity index (χ3n) is 10.6. The van der Waals surface area contributed by atoms with Crippen LogP contribution in [0.5, 0.6) is 40.2 Å². The van der Waals surface area contributed by atoms with E-state index in [4.69, 9.17) is 29.4 Å². The van der Waals surface area contributed by atoms with E-state index in [1.165, 1.54) is 0 Å². The molecule has 4 aliphatic heterocycles. The van der Waals surface area contributed by atoms with Crippen molar-refractivity contribution in [3.8, 4) is 40.2 Å². The molecule has 0 saturated heterocycles. The summed E-state index contributed by atoms with van der Waals surface area (Å²) in [6.07, 6.45) is 2.73. The normalized spacial score (nSPS) is 21.3. The first-order valence-corrected chi connectivity index (χ1v) is 16.7. The fourth-order valence-corrected chi connectivity index (χ4v) is 7.87. The van der Waals surface area contributed by atoms with Gasteiger partial charge in [0, 0.05) is 36.6 Å². The van der Waals surface area contributed by atoms with Crippen molar-refractivity contribution in [2.45, 2.75) is 37.8 Å². The number of carbonyl (C=O) groups excluding carboxylic acids is 1. The topological polar surface area (TPSA) is 116 Å². The number of aliphatic carboxylic acids is 1. The number of quaternary nitrogens is 1. The Morgan fingerprint density at radius 3 is 2.29 bits per heavy atom. The van der Waals surface area contributed by atoms with E-state index in [9.17, 15) is 9.90 Å². The lowest BCUT2D eigenvalue weighted by Crippen LogP contribution is -2.56. The van der Waals surface area contributed by atoms with Gasteiger partial charge in [-0.3, -0.25) is 4.90 Å². The molecule has 256 valence electrons. The van der Waals surface area contributed by atoms with Crippen LogP contribution < -0.4 is 34.5 Å². The maximum atomic E-state index is 12.1. The first-order chi connectivity index (χ1) is 23.6. The number of carboxylic acids is 1. The van der Waals surface area contributed by atoms with Crippen LogP contribution in [0.4, 0.5) is 5.69 Å². The maximum Gasteiger partial charge on any atom is 0.169 e. The van der Waals surface area contributed by atoms with Crippen molar-refractivity contribution in [1.29, 1.82) is 0 Å². The number of carboxylic acid groups (broad SMARTS) is 1. The fraction of sp³-hybridized carbons (Fsp3) is 0.359. The SMILES string of the molecule is COc1ccc2cc1Oc1ccc(cc1)CC1c3cc(c(OC)cc3CC[N+]1(C)CC(=O)[O-])Oc1c(N)c(OC)cc3c1C(C2)N(C)CC3. The van der Waals surface area contributed by atoms with Gasteiger partial charge in [-0.2, -0.15) is 0 Å². The molecule has 4 heterocycles. The van der Waals surface area contributed by atoms with E-state index >= 15 is 0 Å². The molecule has 3 unspecified atom stereocenters. The van der Waals surface area contributed by atoms with E-state index in [1.807, 2.05) is 61.6 Å². The summed E-state index contributed by atoms with van der Waals surface area (Å²) in [7, 11) is 9.00. The number of nitrogens with zero attached hydrogens (tertiary/aromatic N) is 2. The Kier molecular flexibility index (Phi) is 8.54. The first kappa shape index (κ1) is 32.6. The van der Waals surface area contributed by atoms with Crippen LogP contribution >= 0.6 is 0 Å². The summed E-state index contributed by atoms with van der Waals surface area (Å²) in [5, 5.41) is 12.1. The molecule has 0 fully saturated rings. The molecule has 10 heteroatoms. The van der Waals surface area contributed by atoms with Gasteiger partial charge in [-0.1, -0.05) is 18.2 Å². The quantitative estimate of drug-likeness (QED) is 0.232. The number of nitrogens with two attached hydrogens (primary N) is 1. The Bertz CT molecular complexity index is 1910. The predicted octanol–water partition coefficient (Wildman–Crippen LogP) is 5.00. The minimum absolute atomic E-state index is 0.0780. The highest BCUT2D eigenvalue weighted by Gasteiger charge is 2.41. The minimum atomic E-state index is -1.08. The van der Waals surface area contributed by atoms with Gasteiger partial charge in [0.1, 0.15) is 29.8 Å². The summed E-state index contributed by atoms with van der Waals surface area (Å²) in [4.78, 5) is 14.5. The van der Waals surface area contributed by atoms with Crippen molar-refractivity contribution in [2.75, 3.05) is 60.8 Å². The Balaban J connectivity index is 1.47. The van der Waals surface area contributed by atoms with Crippen molar-refractivity contribution in [2.24, 2.45) is 0 Å². The van der Waals surface area contributed by atoms with E-state index in [1.54, 1.807) is 21.3 Å². The number of carbonyl (C=O) groups is 1. The van der Waals surface area contributed by atoms with Crippen LogP contribution in [-0.4, -0.2) is 70.4 Å². The van der Waals surface area contributed by atoms with Crippen molar-refractivity contribution in [1.82, 2.24) is 4.90 Å². The van der Waals surface area contributed by atoms with Gasteiger partial charge in [0.2, 0.25) is 0 Å². The van der Waals surface area contributed by atoms with Crippen molar-refractivity contribution < 1.29 is 38.1 Å². The summed E-state index contributed by atoms with van der Waals surface area (Å²) < 4.78 is 31.0. The number of ether oxygens (including phenoxy) is 5. The van der Waals surface area contributed by atoms with E-state index < -0.39 is 5.97 Å². The van der Waals surface area contributed by atoms with Gasteiger partial charge in [0.25, 0.3) is 0 Å². The number of hydrogen-bond donors (Lipinski definition) is 1. The number of nitrogen functional groups attached to an aromatic ring is 1. The Morgan fingerprint density at radius 1 is 0.878 bits per heavy atom. The molecule has 4 aliphatic rings. The van der Waals surface area contributed by atoms with Gasteiger partial charge < -0.3 is 43.8 Å². The van der Waals surface area contributed by atoms with E-state index in [2.05, 4.69) is 18.0 Å². The average molecular weight is 666 g/mol. The molecule has 4 aromatic rings. The Hall–Kier alpha value is -4.93. The van der Waals surface area contributed by atoms with Crippen molar-refractivity contribution in [3.63, 3.8) is 0 Å². The molecular weight excluding hydrogens is 622 g/mol. The van der Waals surface area contributed by atoms with Crippen LogP contribution in [0, 0.1) is 0 Å². The zero-order valence-corrected chi connectivity index (χ0v) is 28.7. The summed E-state index contributed by atoms with van der Waals surface area (Å²) in [5.74, 6) is 3.03. The zero-order chi connectivity index (χ0) is 34.4. The molecule has 0 spiro atoms. The number of rotatable bonds is 5. The number of anilines is 1. The molecule has 2 N–H and O–H groups in total. The molecule has 0 aliphatic carbocycles. The molecule has 0 radical (unpaired) electrons. The molecule has 0 amide bonds. The maximum absolute atomic E-state index is 12.1. The van der Waals surface area contributed by atoms with Crippen molar-refractivity contribution >= 4 is 11.7 Å². The average Bonchev–Trinajstić information content (AvgIpc) is 3.08. The monoisotopic (exact) mass is 665 g/mol. The zero-order valence-electron chi connectivity index (χ0n) is 28.7. The van der Waals surface area contributed by atoms with Gasteiger partial charge in [0.15, 0.2) is 28.7 Å². The second-order valence-electron chi connectivity index (χ2n) is 13.6. The van der Waals surface area contributed by atoms with Crippen LogP contribution in [0.1, 0.15) is 45.5 Å². The third kappa shape index (κ3) is 6.00. The molecule has 49 heavy (non-hydrogen) atoms. The number of likely N-dealkylation sites (N-methyl/N-ethyl adjacent to an activating group) is 2.